The average molecular weight is 444 g/mol. The highest BCUT2D eigenvalue weighted by molar-refractivity contribution is 7.89. The second kappa shape index (κ2) is 9.72. The van der Waals surface area contributed by atoms with Crippen LogP contribution >= 0.6 is 0 Å². The summed E-state index contributed by atoms with van der Waals surface area (Å²) < 4.78 is 35.3. The Morgan fingerprint density at radius 1 is 1.13 bits per heavy atom. The Bertz CT molecular complexity index is 1200. The van der Waals surface area contributed by atoms with E-state index in [1.54, 1.807) is 61.1 Å². The predicted octanol–water partition coefficient (Wildman–Crippen LogP) is 3.51. The highest BCUT2D eigenvalue weighted by Gasteiger charge is 2.32. The standard InChI is InChI=1S/C23H29N3O4S/c1-5-25-22(24-21-10-7-6-9-20(21)23(25)27)18(3)26(15-8-16-30-4)31(28,29)19-13-11-17(2)12-14-19/h6-7,9-14,18H,5,8,15-16H2,1-4H3. The summed E-state index contributed by atoms with van der Waals surface area (Å²) in [5.41, 5.74) is 1.37. The normalized spacial score (nSPS) is 13.1. The number of rotatable bonds is 9. The van der Waals surface area contributed by atoms with Gasteiger partial charge in [0, 0.05) is 26.8 Å². The second-order valence-electron chi connectivity index (χ2n) is 7.49. The number of benzene rings is 2. The van der Waals surface area contributed by atoms with Crippen LogP contribution in [0, 0.1) is 6.92 Å². The van der Waals surface area contributed by atoms with Crippen LogP contribution in [0.15, 0.2) is 58.2 Å². The SMILES string of the molecule is CCn1c(C(C)N(CCCOC)S(=O)(=O)c2ccc(C)cc2)nc2ccccc2c1=O. The van der Waals surface area contributed by atoms with Gasteiger partial charge in [-0.15, -0.1) is 0 Å². The highest BCUT2D eigenvalue weighted by Crippen LogP contribution is 2.27. The number of aryl methyl sites for hydroxylation is 1. The molecule has 0 aliphatic heterocycles. The Hall–Kier alpha value is -2.55. The van der Waals surface area contributed by atoms with Crippen molar-refractivity contribution in [3.63, 3.8) is 0 Å². The van der Waals surface area contributed by atoms with E-state index in [1.807, 2.05) is 19.9 Å². The summed E-state index contributed by atoms with van der Waals surface area (Å²) in [6.45, 7) is 6.62. The molecule has 0 aliphatic rings. The Kier molecular flexibility index (Phi) is 7.25. The van der Waals surface area contributed by atoms with Crippen molar-refractivity contribution in [2.45, 2.75) is 44.7 Å². The summed E-state index contributed by atoms with van der Waals surface area (Å²) >= 11 is 0. The average Bonchev–Trinajstić information content (AvgIpc) is 2.76. The van der Waals surface area contributed by atoms with Crippen LogP contribution in [0.1, 0.15) is 37.7 Å². The Morgan fingerprint density at radius 2 is 1.81 bits per heavy atom. The summed E-state index contributed by atoms with van der Waals surface area (Å²) in [5, 5.41) is 0.521. The van der Waals surface area contributed by atoms with Crippen LogP contribution in [0.2, 0.25) is 0 Å². The molecule has 8 heteroatoms. The van der Waals surface area contributed by atoms with Gasteiger partial charge in [-0.05, 0) is 51.5 Å². The molecule has 1 aromatic heterocycles. The fourth-order valence-corrected chi connectivity index (χ4v) is 5.30. The lowest BCUT2D eigenvalue weighted by atomic mass is 10.2. The maximum Gasteiger partial charge on any atom is 0.261 e. The van der Waals surface area contributed by atoms with Crippen LogP contribution in [-0.2, 0) is 21.3 Å². The lowest BCUT2D eigenvalue weighted by Gasteiger charge is -2.29. The van der Waals surface area contributed by atoms with E-state index in [-0.39, 0.29) is 17.0 Å². The Balaban J connectivity index is 2.13. The minimum absolute atomic E-state index is 0.167. The zero-order chi connectivity index (χ0) is 22.6. The molecule has 1 heterocycles. The van der Waals surface area contributed by atoms with Gasteiger partial charge in [0.25, 0.3) is 5.56 Å². The first kappa shape index (κ1) is 23.1. The number of para-hydroxylation sites is 1. The molecule has 0 fully saturated rings. The minimum Gasteiger partial charge on any atom is -0.385 e. The van der Waals surface area contributed by atoms with Crippen molar-refractivity contribution >= 4 is 20.9 Å². The van der Waals surface area contributed by atoms with Crippen LogP contribution < -0.4 is 5.56 Å². The van der Waals surface area contributed by atoms with Crippen molar-refractivity contribution in [3.05, 3.63) is 70.3 Å². The molecule has 0 radical (unpaired) electrons. The van der Waals surface area contributed by atoms with Gasteiger partial charge in [-0.2, -0.15) is 4.31 Å². The van der Waals surface area contributed by atoms with E-state index in [0.29, 0.717) is 36.3 Å². The molecule has 0 spiro atoms. The molecule has 7 nitrogen and oxygen atoms in total. The quantitative estimate of drug-likeness (QED) is 0.473. The summed E-state index contributed by atoms with van der Waals surface area (Å²) in [6, 6.07) is 13.3. The third-order valence-corrected chi connectivity index (χ3v) is 7.35. The van der Waals surface area contributed by atoms with Gasteiger partial charge in [-0.25, -0.2) is 13.4 Å². The smallest absolute Gasteiger partial charge is 0.261 e. The molecule has 3 aromatic rings. The first-order chi connectivity index (χ1) is 14.8. The highest BCUT2D eigenvalue weighted by atomic mass is 32.2. The minimum atomic E-state index is -3.81. The number of sulfonamides is 1. The Labute approximate surface area is 183 Å². The van der Waals surface area contributed by atoms with Crippen LogP contribution in [-0.4, -0.2) is 42.5 Å². The van der Waals surface area contributed by atoms with Crippen molar-refractivity contribution in [2.24, 2.45) is 0 Å². The zero-order valence-electron chi connectivity index (χ0n) is 18.4. The van der Waals surface area contributed by atoms with E-state index in [2.05, 4.69) is 0 Å². The Morgan fingerprint density at radius 3 is 2.45 bits per heavy atom. The van der Waals surface area contributed by atoms with Gasteiger partial charge in [-0.1, -0.05) is 29.8 Å². The molecule has 0 N–H and O–H groups in total. The first-order valence-corrected chi connectivity index (χ1v) is 11.8. The van der Waals surface area contributed by atoms with Crippen LogP contribution in [0.25, 0.3) is 10.9 Å². The van der Waals surface area contributed by atoms with Crippen molar-refractivity contribution in [3.8, 4) is 0 Å². The van der Waals surface area contributed by atoms with Gasteiger partial charge in [0.05, 0.1) is 21.8 Å². The number of hydrogen-bond acceptors (Lipinski definition) is 5. The van der Waals surface area contributed by atoms with Gasteiger partial charge in [0.2, 0.25) is 10.0 Å². The molecular formula is C23H29N3O4S. The van der Waals surface area contributed by atoms with Crippen molar-refractivity contribution in [1.29, 1.82) is 0 Å². The van der Waals surface area contributed by atoms with Crippen LogP contribution in [0.4, 0.5) is 0 Å². The van der Waals surface area contributed by atoms with E-state index in [9.17, 15) is 13.2 Å². The number of ether oxygens (including phenoxy) is 1. The molecular weight excluding hydrogens is 414 g/mol. The molecule has 0 aliphatic carbocycles. The number of methoxy groups -OCH3 is 1. The molecule has 0 saturated heterocycles. The monoisotopic (exact) mass is 443 g/mol. The molecule has 1 unspecified atom stereocenters. The van der Waals surface area contributed by atoms with Gasteiger partial charge in [-0.3, -0.25) is 9.36 Å². The molecule has 1 atom stereocenters. The third-order valence-electron chi connectivity index (χ3n) is 5.37. The number of fused-ring (bicyclic) bond motifs is 1. The van der Waals surface area contributed by atoms with E-state index in [1.165, 1.54) is 4.31 Å². The van der Waals surface area contributed by atoms with Gasteiger partial charge in [0.1, 0.15) is 5.82 Å². The van der Waals surface area contributed by atoms with E-state index in [4.69, 9.17) is 9.72 Å². The fourth-order valence-electron chi connectivity index (χ4n) is 3.67. The summed E-state index contributed by atoms with van der Waals surface area (Å²) in [4.78, 5) is 18.0. The van der Waals surface area contributed by atoms with E-state index in [0.717, 1.165) is 5.56 Å². The summed E-state index contributed by atoms with van der Waals surface area (Å²) in [5.74, 6) is 0.430. The lowest BCUT2D eigenvalue weighted by Crippen LogP contribution is -2.38. The first-order valence-electron chi connectivity index (χ1n) is 10.4. The van der Waals surface area contributed by atoms with Gasteiger partial charge >= 0.3 is 0 Å². The fraction of sp³-hybridized carbons (Fsp3) is 0.391. The summed E-state index contributed by atoms with van der Waals surface area (Å²) in [6.07, 6.45) is 0.524. The third kappa shape index (κ3) is 4.71. The molecule has 3 rings (SSSR count). The number of hydrogen-bond donors (Lipinski definition) is 0. The molecule has 0 amide bonds. The summed E-state index contributed by atoms with van der Waals surface area (Å²) in [7, 11) is -2.23. The van der Waals surface area contributed by atoms with Gasteiger partial charge in [0.15, 0.2) is 0 Å². The van der Waals surface area contributed by atoms with Gasteiger partial charge < -0.3 is 4.74 Å². The van der Waals surface area contributed by atoms with Crippen molar-refractivity contribution in [2.75, 3.05) is 20.3 Å². The van der Waals surface area contributed by atoms with E-state index < -0.39 is 16.1 Å². The van der Waals surface area contributed by atoms with Crippen molar-refractivity contribution in [1.82, 2.24) is 13.9 Å². The molecule has 0 bridgehead atoms. The molecule has 166 valence electrons. The number of nitrogens with zero attached hydrogens (tertiary/aromatic N) is 3. The largest absolute Gasteiger partial charge is 0.385 e. The molecule has 0 saturated carbocycles. The lowest BCUT2D eigenvalue weighted by molar-refractivity contribution is 0.181. The molecule has 31 heavy (non-hydrogen) atoms. The predicted molar refractivity (Wildman–Crippen MR) is 122 cm³/mol. The second-order valence-corrected chi connectivity index (χ2v) is 9.38. The molecule has 2 aromatic carbocycles. The topological polar surface area (TPSA) is 81.5 Å². The zero-order valence-corrected chi connectivity index (χ0v) is 19.2. The maximum absolute atomic E-state index is 13.6. The van der Waals surface area contributed by atoms with Crippen LogP contribution in [0.5, 0.6) is 0 Å². The van der Waals surface area contributed by atoms with E-state index >= 15 is 0 Å². The van der Waals surface area contributed by atoms with Crippen molar-refractivity contribution < 1.29 is 13.2 Å². The van der Waals surface area contributed by atoms with Crippen LogP contribution in [0.3, 0.4) is 0 Å². The number of aromatic nitrogens is 2. The maximum atomic E-state index is 13.6.